The van der Waals surface area contributed by atoms with Gasteiger partial charge in [-0.2, -0.15) is 13.2 Å². The maximum Gasteiger partial charge on any atom is 0.525 e. The van der Waals surface area contributed by atoms with Gasteiger partial charge in [-0.3, -0.25) is 0 Å². The molecule has 5 nitrogen and oxygen atoms in total. The van der Waals surface area contributed by atoms with E-state index in [4.69, 9.17) is 23.5 Å². The third-order valence-corrected chi connectivity index (χ3v) is 5.24. The zero-order valence-electron chi connectivity index (χ0n) is 18.0. The number of alkyl halides is 3. The van der Waals surface area contributed by atoms with E-state index >= 15 is 4.39 Å². The minimum absolute atomic E-state index is 0.0615. The molecule has 30 heavy (non-hydrogen) atoms. The molecule has 0 radical (unpaired) electrons. The molecule has 10 heteroatoms. The zero-order valence-corrected chi connectivity index (χ0v) is 18.0. The van der Waals surface area contributed by atoms with Gasteiger partial charge in [0.05, 0.1) is 32.0 Å². The summed E-state index contributed by atoms with van der Waals surface area (Å²) in [4.78, 5) is 0. The van der Waals surface area contributed by atoms with E-state index in [1.807, 2.05) is 0 Å². The maximum absolute atomic E-state index is 15.6. The van der Waals surface area contributed by atoms with Crippen LogP contribution < -0.4 is 9.47 Å². The van der Waals surface area contributed by atoms with Gasteiger partial charge in [-0.25, -0.2) is 4.39 Å². The maximum atomic E-state index is 15.6. The Labute approximate surface area is 174 Å². The normalized spacial score (nSPS) is 18.9. The second kappa shape index (κ2) is 9.15. The SMILES string of the molecule is COc1ccc(OC)c(C(CCOCC(F)(F)F)=C(F)B2OC(C)(C)C(C)(C)O2)c1. The Hall–Kier alpha value is -1.78. The van der Waals surface area contributed by atoms with Gasteiger partial charge < -0.3 is 23.5 Å². The lowest BCUT2D eigenvalue weighted by molar-refractivity contribution is -0.173. The molecule has 1 aromatic rings. The predicted molar refractivity (Wildman–Crippen MR) is 105 cm³/mol. The lowest BCUT2D eigenvalue weighted by Crippen LogP contribution is -2.41. The van der Waals surface area contributed by atoms with Crippen LogP contribution >= 0.6 is 0 Å². The first-order valence-electron chi connectivity index (χ1n) is 9.42. The average molecular weight is 434 g/mol. The van der Waals surface area contributed by atoms with E-state index in [9.17, 15) is 13.2 Å². The Morgan fingerprint density at radius 3 is 2.13 bits per heavy atom. The number of hydrogen-bond acceptors (Lipinski definition) is 5. The van der Waals surface area contributed by atoms with Crippen molar-refractivity contribution in [3.05, 3.63) is 29.5 Å². The molecule has 0 N–H and O–H groups in total. The highest BCUT2D eigenvalue weighted by Crippen LogP contribution is 2.42. The van der Waals surface area contributed by atoms with Crippen LogP contribution in [-0.2, 0) is 14.0 Å². The molecule has 1 aliphatic heterocycles. The summed E-state index contributed by atoms with van der Waals surface area (Å²) in [6.45, 7) is 5.32. The summed E-state index contributed by atoms with van der Waals surface area (Å²) in [6, 6.07) is 4.76. The highest BCUT2D eigenvalue weighted by Gasteiger charge is 2.53. The smallest absolute Gasteiger partial charge is 0.497 e. The molecule has 1 saturated heterocycles. The van der Waals surface area contributed by atoms with Crippen molar-refractivity contribution in [2.45, 2.75) is 51.5 Å². The Balaban J connectivity index is 2.43. The molecule has 0 spiro atoms. The summed E-state index contributed by atoms with van der Waals surface area (Å²) in [6.07, 6.45) is -4.63. The first kappa shape index (κ1) is 24.5. The van der Waals surface area contributed by atoms with Crippen molar-refractivity contribution >= 4 is 12.7 Å². The van der Waals surface area contributed by atoms with Gasteiger partial charge >= 0.3 is 13.3 Å². The lowest BCUT2D eigenvalue weighted by Gasteiger charge is -2.32. The second-order valence-electron chi connectivity index (χ2n) is 7.90. The standard InChI is InChI=1S/C20H27BF4O5/c1-18(2)19(3,4)30-21(29-18)17(22)14(9-10-28-12-20(23,24)25)15-11-13(26-5)7-8-16(15)27-6/h7-8,11H,9-10,12H2,1-6H3. The quantitative estimate of drug-likeness (QED) is 0.328. The molecule has 0 saturated carbocycles. The van der Waals surface area contributed by atoms with Crippen molar-refractivity contribution < 1.29 is 41.1 Å². The van der Waals surface area contributed by atoms with E-state index < -0.39 is 36.8 Å². The first-order valence-corrected chi connectivity index (χ1v) is 9.42. The van der Waals surface area contributed by atoms with E-state index in [1.165, 1.54) is 14.2 Å². The van der Waals surface area contributed by atoms with Crippen molar-refractivity contribution in [1.82, 2.24) is 0 Å². The third-order valence-electron chi connectivity index (χ3n) is 5.24. The summed E-state index contributed by atoms with van der Waals surface area (Å²) < 4.78 is 79.6. The van der Waals surface area contributed by atoms with Gasteiger partial charge in [-0.1, -0.05) is 0 Å². The molecule has 168 valence electrons. The van der Waals surface area contributed by atoms with Crippen molar-refractivity contribution in [3.63, 3.8) is 0 Å². The summed E-state index contributed by atoms with van der Waals surface area (Å²) in [7, 11) is 1.55. The number of benzene rings is 1. The number of hydrogen-bond donors (Lipinski definition) is 0. The van der Waals surface area contributed by atoms with E-state index in [2.05, 4.69) is 0 Å². The Kier molecular flexibility index (Phi) is 7.47. The molecule has 0 bridgehead atoms. The van der Waals surface area contributed by atoms with Crippen molar-refractivity contribution in [2.24, 2.45) is 0 Å². The molecular formula is C20H27BF4O5. The number of ether oxygens (including phenoxy) is 3. The van der Waals surface area contributed by atoms with Crippen LogP contribution in [0.15, 0.2) is 23.9 Å². The van der Waals surface area contributed by atoms with Gasteiger partial charge in [0.2, 0.25) is 0 Å². The molecule has 2 rings (SSSR count). The average Bonchev–Trinajstić information content (AvgIpc) is 2.87. The van der Waals surface area contributed by atoms with E-state index in [0.717, 1.165) is 0 Å². The molecule has 0 unspecified atom stereocenters. The minimum Gasteiger partial charge on any atom is -0.497 e. The first-order chi connectivity index (χ1) is 13.8. The molecule has 1 aromatic carbocycles. The molecule has 0 amide bonds. The van der Waals surface area contributed by atoms with E-state index in [1.54, 1.807) is 45.9 Å². The van der Waals surface area contributed by atoms with Crippen LogP contribution in [0, 0.1) is 0 Å². The minimum atomic E-state index is -4.47. The van der Waals surface area contributed by atoms with Gasteiger partial charge in [-0.05, 0) is 57.9 Å². The van der Waals surface area contributed by atoms with Crippen LogP contribution in [0.2, 0.25) is 0 Å². The van der Waals surface area contributed by atoms with Gasteiger partial charge in [0.25, 0.3) is 0 Å². The Morgan fingerprint density at radius 1 is 1.03 bits per heavy atom. The molecule has 1 fully saturated rings. The third kappa shape index (κ3) is 5.68. The van der Waals surface area contributed by atoms with Crippen molar-refractivity contribution in [2.75, 3.05) is 27.4 Å². The molecule has 0 atom stereocenters. The van der Waals surface area contributed by atoms with Crippen LogP contribution in [-0.4, -0.2) is 51.9 Å². The van der Waals surface area contributed by atoms with Crippen LogP contribution in [0.1, 0.15) is 39.7 Å². The fourth-order valence-corrected chi connectivity index (χ4v) is 2.88. The van der Waals surface area contributed by atoms with Crippen LogP contribution in [0.5, 0.6) is 11.5 Å². The van der Waals surface area contributed by atoms with Gasteiger partial charge in [0.15, 0.2) is 0 Å². The summed E-state index contributed by atoms with van der Waals surface area (Å²) in [5, 5.41) is 0. The summed E-state index contributed by atoms with van der Waals surface area (Å²) >= 11 is 0. The van der Waals surface area contributed by atoms with Gasteiger partial charge in [-0.15, -0.1) is 0 Å². The highest BCUT2D eigenvalue weighted by atomic mass is 19.4. The predicted octanol–water partition coefficient (Wildman–Crippen LogP) is 4.98. The van der Waals surface area contributed by atoms with Gasteiger partial charge in [0, 0.05) is 5.56 Å². The van der Waals surface area contributed by atoms with Crippen molar-refractivity contribution in [1.29, 1.82) is 0 Å². The van der Waals surface area contributed by atoms with Crippen LogP contribution in [0.3, 0.4) is 0 Å². The molecule has 1 heterocycles. The largest absolute Gasteiger partial charge is 0.525 e. The zero-order chi connectivity index (χ0) is 22.7. The fourth-order valence-electron chi connectivity index (χ4n) is 2.88. The van der Waals surface area contributed by atoms with E-state index in [0.29, 0.717) is 17.1 Å². The molecule has 1 aliphatic rings. The number of methoxy groups -OCH3 is 2. The molecular weight excluding hydrogens is 407 g/mol. The Morgan fingerprint density at radius 2 is 1.63 bits per heavy atom. The van der Waals surface area contributed by atoms with Crippen LogP contribution in [0.25, 0.3) is 5.57 Å². The van der Waals surface area contributed by atoms with E-state index in [-0.39, 0.29) is 18.6 Å². The number of rotatable bonds is 8. The van der Waals surface area contributed by atoms with Gasteiger partial charge in [0.1, 0.15) is 23.8 Å². The lowest BCUT2D eigenvalue weighted by atomic mass is 9.81. The molecule has 0 aromatic heterocycles. The highest BCUT2D eigenvalue weighted by molar-refractivity contribution is 6.55. The molecule has 0 aliphatic carbocycles. The summed E-state index contributed by atoms with van der Waals surface area (Å²) in [5.74, 6) is 0.759. The Bertz CT molecular complexity index is 761. The number of halogens is 4. The fraction of sp³-hybridized carbons (Fsp3) is 0.600. The second-order valence-corrected chi connectivity index (χ2v) is 7.90. The summed E-state index contributed by atoms with van der Waals surface area (Å²) in [5.41, 5.74) is -1.95. The van der Waals surface area contributed by atoms with Crippen LogP contribution in [0.4, 0.5) is 17.6 Å². The topological polar surface area (TPSA) is 46.2 Å². The van der Waals surface area contributed by atoms with Crippen molar-refractivity contribution in [3.8, 4) is 11.5 Å². The monoisotopic (exact) mass is 434 g/mol.